The van der Waals surface area contributed by atoms with E-state index in [0.29, 0.717) is 11.8 Å². The summed E-state index contributed by atoms with van der Waals surface area (Å²) in [6, 6.07) is 0.131. The Balaban J connectivity index is 1.60. The van der Waals surface area contributed by atoms with Crippen LogP contribution in [0.4, 0.5) is 4.39 Å². The summed E-state index contributed by atoms with van der Waals surface area (Å²) in [4.78, 5) is 42.7. The van der Waals surface area contributed by atoms with Crippen molar-refractivity contribution in [2.24, 2.45) is 29.4 Å². The van der Waals surface area contributed by atoms with Crippen molar-refractivity contribution in [3.05, 3.63) is 51.2 Å². The molecule has 1 heterocycles. The third-order valence-corrected chi connectivity index (χ3v) is 9.07. The van der Waals surface area contributed by atoms with Gasteiger partial charge in [0.25, 0.3) is 5.91 Å². The molecule has 1 aromatic rings. The van der Waals surface area contributed by atoms with Crippen LogP contribution >= 0.6 is 0 Å². The van der Waals surface area contributed by atoms with E-state index in [1.54, 1.807) is 14.1 Å². The number of aliphatic hydroxyl groups excluding tert-OH is 2. The fourth-order valence-electron chi connectivity index (χ4n) is 7.63. The molecule has 216 valence electrons. The Kier molecular flexibility index (Phi) is 6.83. The monoisotopic (exact) mass is 557 g/mol. The summed E-state index contributed by atoms with van der Waals surface area (Å²) in [6.07, 6.45) is 0.921. The number of likely N-dealkylation sites (tertiary alicyclic amines) is 1. The van der Waals surface area contributed by atoms with Crippen LogP contribution in [0.1, 0.15) is 48.2 Å². The zero-order valence-corrected chi connectivity index (χ0v) is 23.1. The first-order valence-corrected chi connectivity index (χ1v) is 13.6. The Hall–Kier alpha value is -3.28. The number of nitrogens with zero attached hydrogens (tertiary/aromatic N) is 2. The SMILES string of the molecule is C[C@@H]1C[C@@H](C)CN(Cc2cc(O)c3c(c2F)C[C@H]2C[C@H]4[C@H](N(C)C)C(O)=C(C(N)=O)C(=O)[C@@]4(O)C(O)=C2C3=O)C1. The van der Waals surface area contributed by atoms with E-state index in [4.69, 9.17) is 5.73 Å². The van der Waals surface area contributed by atoms with E-state index in [1.165, 1.54) is 11.0 Å². The topological polar surface area (TPSA) is 165 Å². The Morgan fingerprint density at radius 2 is 1.77 bits per heavy atom. The number of benzene rings is 1. The van der Waals surface area contributed by atoms with Gasteiger partial charge in [0.05, 0.1) is 11.6 Å². The lowest BCUT2D eigenvalue weighted by Crippen LogP contribution is -2.63. The summed E-state index contributed by atoms with van der Waals surface area (Å²) >= 11 is 0. The quantitative estimate of drug-likeness (QED) is 0.347. The number of phenolic OH excluding ortho intramolecular Hbond substituents is 1. The molecule has 6 atom stereocenters. The average Bonchev–Trinajstić information content (AvgIpc) is 2.83. The van der Waals surface area contributed by atoms with Crippen LogP contribution in [0, 0.1) is 29.5 Å². The molecule has 11 heteroatoms. The van der Waals surface area contributed by atoms with Gasteiger partial charge < -0.3 is 26.2 Å². The highest BCUT2D eigenvalue weighted by Crippen LogP contribution is 2.52. The number of piperidine rings is 1. The van der Waals surface area contributed by atoms with Gasteiger partial charge in [0.15, 0.2) is 11.4 Å². The number of hydrogen-bond donors (Lipinski definition) is 5. The molecule has 0 unspecified atom stereocenters. The van der Waals surface area contributed by atoms with Crippen LogP contribution in [0.25, 0.3) is 0 Å². The van der Waals surface area contributed by atoms with Crippen molar-refractivity contribution in [3.8, 4) is 5.75 Å². The summed E-state index contributed by atoms with van der Waals surface area (Å²) in [5.74, 6) is -7.23. The maximum absolute atomic E-state index is 16.0. The normalized spacial score (nSPS) is 32.7. The number of aromatic hydroxyl groups is 1. The van der Waals surface area contributed by atoms with E-state index in [2.05, 4.69) is 18.7 Å². The number of carbonyl (C=O) groups is 3. The second-order valence-corrected chi connectivity index (χ2v) is 12.3. The number of allylic oxidation sites excluding steroid dienone is 1. The molecule has 40 heavy (non-hydrogen) atoms. The van der Waals surface area contributed by atoms with Crippen molar-refractivity contribution in [1.82, 2.24) is 9.80 Å². The molecular weight excluding hydrogens is 521 g/mol. The molecule has 1 aromatic carbocycles. The highest BCUT2D eigenvalue weighted by molar-refractivity contribution is 6.24. The third-order valence-electron chi connectivity index (χ3n) is 9.07. The summed E-state index contributed by atoms with van der Waals surface area (Å²) in [7, 11) is 3.11. The number of fused-ring (bicyclic) bond motifs is 3. The number of hydrogen-bond acceptors (Lipinski definition) is 9. The van der Waals surface area contributed by atoms with E-state index in [9.17, 15) is 34.8 Å². The first-order chi connectivity index (χ1) is 18.7. The standard InChI is InChI=1S/C29H36FN3O7/c1-12-5-13(2)10-33(9-12)11-15-8-18(34)20-16(22(15)30)6-14-7-17-23(32(3)4)25(36)21(28(31)39)27(38)29(17,40)26(37)19(14)24(20)35/h8,12-14,17,23,34,36-37,40H,5-7,9-11H2,1-4H3,(H2,31,39)/t12-,13-,14+,17+,23+,29+/m1/s1. The lowest BCUT2D eigenvalue weighted by Gasteiger charge is -2.50. The van der Waals surface area contributed by atoms with Gasteiger partial charge in [-0.2, -0.15) is 0 Å². The number of nitrogens with two attached hydrogens (primary N) is 1. The van der Waals surface area contributed by atoms with Crippen LogP contribution in [0.15, 0.2) is 28.7 Å². The zero-order valence-electron chi connectivity index (χ0n) is 23.1. The van der Waals surface area contributed by atoms with Crippen molar-refractivity contribution in [3.63, 3.8) is 0 Å². The van der Waals surface area contributed by atoms with Gasteiger partial charge in [0.2, 0.25) is 5.78 Å². The van der Waals surface area contributed by atoms with Gasteiger partial charge in [-0.1, -0.05) is 13.8 Å². The van der Waals surface area contributed by atoms with E-state index in [-0.39, 0.29) is 41.6 Å². The number of halogens is 1. The molecule has 10 nitrogen and oxygen atoms in total. The van der Waals surface area contributed by atoms with E-state index >= 15 is 4.39 Å². The number of phenols is 1. The fourth-order valence-corrected chi connectivity index (χ4v) is 7.63. The summed E-state index contributed by atoms with van der Waals surface area (Å²) in [5, 5.41) is 44.7. The Morgan fingerprint density at radius 1 is 1.15 bits per heavy atom. The lowest BCUT2D eigenvalue weighted by molar-refractivity contribution is -0.148. The first-order valence-electron chi connectivity index (χ1n) is 13.6. The number of carbonyl (C=O) groups excluding carboxylic acids is 3. The Morgan fingerprint density at radius 3 is 2.35 bits per heavy atom. The number of ketones is 2. The minimum atomic E-state index is -2.72. The van der Waals surface area contributed by atoms with E-state index < -0.39 is 69.6 Å². The summed E-state index contributed by atoms with van der Waals surface area (Å²) < 4.78 is 16.0. The van der Waals surface area contributed by atoms with Crippen LogP contribution in [0.5, 0.6) is 5.75 Å². The summed E-state index contributed by atoms with van der Waals surface area (Å²) in [5.41, 5.74) is 1.41. The molecular formula is C29H36FN3O7. The largest absolute Gasteiger partial charge is 0.510 e. The first kappa shape index (κ1) is 28.3. The number of amides is 1. The Labute approximate surface area is 231 Å². The van der Waals surface area contributed by atoms with Gasteiger partial charge >= 0.3 is 0 Å². The molecule has 4 aliphatic rings. The second kappa shape index (κ2) is 9.67. The number of likely N-dealkylation sites (N-methyl/N-ethyl adjacent to an activating group) is 1. The van der Waals surface area contributed by atoms with Gasteiger partial charge in [-0.3, -0.25) is 24.2 Å². The highest BCUT2D eigenvalue weighted by atomic mass is 19.1. The van der Waals surface area contributed by atoms with Crippen molar-refractivity contribution in [2.75, 3.05) is 27.2 Å². The van der Waals surface area contributed by atoms with E-state index in [0.717, 1.165) is 19.5 Å². The van der Waals surface area contributed by atoms with Gasteiger partial charge in [-0.15, -0.1) is 0 Å². The molecule has 5 rings (SSSR count). The van der Waals surface area contributed by atoms with Crippen molar-refractivity contribution < 1.29 is 39.2 Å². The third kappa shape index (κ3) is 4.05. The predicted molar refractivity (Wildman–Crippen MR) is 142 cm³/mol. The van der Waals surface area contributed by atoms with Gasteiger partial charge in [-0.25, -0.2) is 4.39 Å². The highest BCUT2D eigenvalue weighted by Gasteiger charge is 2.63. The maximum Gasteiger partial charge on any atom is 0.255 e. The number of Topliss-reactive ketones (excluding diaryl/α,β-unsaturated/α-hetero) is 2. The molecule has 0 bridgehead atoms. The van der Waals surface area contributed by atoms with Gasteiger partial charge in [0, 0.05) is 42.3 Å². The molecule has 0 saturated carbocycles. The van der Waals surface area contributed by atoms with Crippen LogP contribution in [0.3, 0.4) is 0 Å². The fraction of sp³-hybridized carbons (Fsp3) is 0.552. The van der Waals surface area contributed by atoms with Gasteiger partial charge in [0.1, 0.15) is 28.7 Å². The Bertz CT molecular complexity index is 1380. The van der Waals surface area contributed by atoms with Crippen molar-refractivity contribution >= 4 is 17.5 Å². The number of aliphatic hydroxyl groups is 3. The van der Waals surface area contributed by atoms with Crippen LogP contribution in [-0.4, -0.2) is 86.5 Å². The predicted octanol–water partition coefficient (Wildman–Crippen LogP) is 1.74. The molecule has 1 amide bonds. The molecule has 0 aromatic heterocycles. The smallest absolute Gasteiger partial charge is 0.255 e. The lowest BCUT2D eigenvalue weighted by atomic mass is 9.58. The molecule has 0 spiro atoms. The number of primary amides is 1. The van der Waals surface area contributed by atoms with Crippen molar-refractivity contribution in [2.45, 2.75) is 51.3 Å². The molecule has 6 N–H and O–H groups in total. The zero-order chi connectivity index (χ0) is 29.4. The second-order valence-electron chi connectivity index (χ2n) is 12.3. The maximum atomic E-state index is 16.0. The average molecular weight is 558 g/mol. The van der Waals surface area contributed by atoms with Crippen molar-refractivity contribution in [1.29, 1.82) is 0 Å². The summed E-state index contributed by atoms with van der Waals surface area (Å²) in [6.45, 7) is 6.12. The molecule has 1 fully saturated rings. The van der Waals surface area contributed by atoms with Crippen LogP contribution < -0.4 is 5.73 Å². The molecule has 0 radical (unpaired) electrons. The minimum absolute atomic E-state index is 0.0197. The van der Waals surface area contributed by atoms with E-state index in [1.807, 2.05) is 0 Å². The van der Waals surface area contributed by atoms with Gasteiger partial charge in [-0.05, 0) is 57.2 Å². The van der Waals surface area contributed by atoms with Crippen LogP contribution in [0.2, 0.25) is 0 Å². The molecule has 1 saturated heterocycles. The minimum Gasteiger partial charge on any atom is -0.510 e. The molecule has 1 aliphatic heterocycles. The van der Waals surface area contributed by atoms with Crippen LogP contribution in [-0.2, 0) is 22.6 Å². The number of rotatable bonds is 4. The molecule has 3 aliphatic carbocycles.